The van der Waals surface area contributed by atoms with Crippen LogP contribution in [-0.4, -0.2) is 16.8 Å². The molecule has 4 nitrogen and oxygen atoms in total. The van der Waals surface area contributed by atoms with Gasteiger partial charge < -0.3 is 5.11 Å². The van der Waals surface area contributed by atoms with Crippen LogP contribution in [0.25, 0.3) is 5.76 Å². The van der Waals surface area contributed by atoms with E-state index in [1.807, 2.05) is 6.07 Å². The Kier molecular flexibility index (Phi) is 5.03. The smallest absolute Gasteiger partial charge is 0.300 e. The van der Waals surface area contributed by atoms with E-state index >= 15 is 0 Å². The van der Waals surface area contributed by atoms with Gasteiger partial charge in [0.2, 0.25) is 0 Å². The van der Waals surface area contributed by atoms with Crippen LogP contribution in [0.4, 0.5) is 10.1 Å². The Labute approximate surface area is 175 Å². The number of halogens is 2. The summed E-state index contributed by atoms with van der Waals surface area (Å²) in [4.78, 5) is 27.2. The maximum absolute atomic E-state index is 13.3. The van der Waals surface area contributed by atoms with Gasteiger partial charge in [-0.25, -0.2) is 4.39 Å². The summed E-state index contributed by atoms with van der Waals surface area (Å²) in [5.74, 6) is -2.32. The van der Waals surface area contributed by atoms with Crippen LogP contribution in [0, 0.1) is 5.82 Å². The van der Waals surface area contributed by atoms with Gasteiger partial charge in [-0.2, -0.15) is 0 Å². The SMILES string of the molecule is O=C1C(=O)N(c2ccc(Br)cc2)C(c2ccccc2)/C1=C(\O)c1ccc(F)cc1. The molecule has 0 aliphatic carbocycles. The number of nitrogens with zero attached hydrogens (tertiary/aromatic N) is 1. The van der Waals surface area contributed by atoms with Crippen molar-refractivity contribution in [1.29, 1.82) is 0 Å². The van der Waals surface area contributed by atoms with Crippen LogP contribution in [0.3, 0.4) is 0 Å². The summed E-state index contributed by atoms with van der Waals surface area (Å²) in [7, 11) is 0. The fourth-order valence-electron chi connectivity index (χ4n) is 3.41. The summed E-state index contributed by atoms with van der Waals surface area (Å²) in [5, 5.41) is 10.9. The van der Waals surface area contributed by atoms with Crippen molar-refractivity contribution in [3.63, 3.8) is 0 Å². The van der Waals surface area contributed by atoms with Crippen molar-refractivity contribution >= 4 is 39.1 Å². The molecule has 3 aromatic rings. The summed E-state index contributed by atoms with van der Waals surface area (Å²) in [5.41, 5.74) is 1.44. The second kappa shape index (κ2) is 7.64. The van der Waals surface area contributed by atoms with Crippen molar-refractivity contribution in [2.24, 2.45) is 0 Å². The van der Waals surface area contributed by atoms with Gasteiger partial charge in [-0.15, -0.1) is 0 Å². The predicted molar refractivity (Wildman–Crippen MR) is 112 cm³/mol. The standard InChI is InChI=1S/C23H15BrFNO3/c24-16-8-12-18(13-9-16)26-20(14-4-2-1-3-5-14)19(22(28)23(26)29)21(27)15-6-10-17(25)11-7-15/h1-13,20,27H/b21-19+. The third-order valence-corrected chi connectivity index (χ3v) is 5.31. The van der Waals surface area contributed by atoms with Crippen LogP contribution in [-0.2, 0) is 9.59 Å². The van der Waals surface area contributed by atoms with Crippen LogP contribution in [0.1, 0.15) is 17.2 Å². The number of hydrogen-bond donors (Lipinski definition) is 1. The van der Waals surface area contributed by atoms with E-state index in [4.69, 9.17) is 0 Å². The first-order valence-corrected chi connectivity index (χ1v) is 9.64. The quantitative estimate of drug-likeness (QED) is 0.337. The van der Waals surface area contributed by atoms with Crippen LogP contribution in [0.5, 0.6) is 0 Å². The van der Waals surface area contributed by atoms with Gasteiger partial charge in [0.25, 0.3) is 11.7 Å². The number of hydrogen-bond acceptors (Lipinski definition) is 3. The highest BCUT2D eigenvalue weighted by molar-refractivity contribution is 9.10. The average molecular weight is 452 g/mol. The Morgan fingerprint density at radius 2 is 1.52 bits per heavy atom. The first-order valence-electron chi connectivity index (χ1n) is 8.85. The van der Waals surface area contributed by atoms with E-state index in [0.29, 0.717) is 11.3 Å². The molecular weight excluding hydrogens is 437 g/mol. The molecule has 6 heteroatoms. The minimum Gasteiger partial charge on any atom is -0.507 e. The van der Waals surface area contributed by atoms with E-state index in [0.717, 1.165) is 4.47 Å². The Balaban J connectivity index is 1.93. The molecular formula is C23H15BrFNO3. The largest absolute Gasteiger partial charge is 0.507 e. The number of rotatable bonds is 3. The molecule has 144 valence electrons. The number of carbonyl (C=O) groups is 2. The highest BCUT2D eigenvalue weighted by Crippen LogP contribution is 2.42. The number of amides is 1. The first kappa shape index (κ1) is 19.1. The lowest BCUT2D eigenvalue weighted by Gasteiger charge is -2.25. The van der Waals surface area contributed by atoms with Crippen LogP contribution >= 0.6 is 15.9 Å². The fraction of sp³-hybridized carbons (Fsp3) is 0.0435. The molecule has 1 fully saturated rings. The van der Waals surface area contributed by atoms with E-state index < -0.39 is 23.5 Å². The predicted octanol–water partition coefficient (Wildman–Crippen LogP) is 5.21. The molecule has 1 heterocycles. The number of aliphatic hydroxyl groups is 1. The van der Waals surface area contributed by atoms with Crippen LogP contribution in [0.15, 0.2) is 88.9 Å². The average Bonchev–Trinajstić information content (AvgIpc) is 3.00. The molecule has 0 saturated carbocycles. The molecule has 0 radical (unpaired) electrons. The lowest BCUT2D eigenvalue weighted by Crippen LogP contribution is -2.29. The summed E-state index contributed by atoms with van der Waals surface area (Å²) < 4.78 is 14.1. The van der Waals surface area contributed by atoms with Crippen molar-refractivity contribution < 1.29 is 19.1 Å². The van der Waals surface area contributed by atoms with Crippen LogP contribution < -0.4 is 4.90 Å². The number of benzene rings is 3. The highest BCUT2D eigenvalue weighted by atomic mass is 79.9. The van der Waals surface area contributed by atoms with Gasteiger partial charge in [0.15, 0.2) is 0 Å². The van der Waals surface area contributed by atoms with E-state index in [1.54, 1.807) is 48.5 Å². The molecule has 3 aromatic carbocycles. The molecule has 0 bridgehead atoms. The van der Waals surface area contributed by atoms with Gasteiger partial charge in [-0.05, 0) is 54.1 Å². The lowest BCUT2D eigenvalue weighted by molar-refractivity contribution is -0.132. The third kappa shape index (κ3) is 3.47. The number of carbonyl (C=O) groups excluding carboxylic acids is 2. The van der Waals surface area contributed by atoms with E-state index in [1.165, 1.54) is 29.2 Å². The highest BCUT2D eigenvalue weighted by Gasteiger charge is 2.46. The Bertz CT molecular complexity index is 1110. The summed E-state index contributed by atoms with van der Waals surface area (Å²) >= 11 is 3.36. The molecule has 1 amide bonds. The Hall–Kier alpha value is -3.25. The molecule has 1 aliphatic rings. The molecule has 1 unspecified atom stereocenters. The van der Waals surface area contributed by atoms with Gasteiger partial charge in [-0.1, -0.05) is 46.3 Å². The molecule has 4 rings (SSSR count). The Morgan fingerprint density at radius 1 is 0.897 bits per heavy atom. The van der Waals surface area contributed by atoms with E-state index in [2.05, 4.69) is 15.9 Å². The zero-order valence-electron chi connectivity index (χ0n) is 15.0. The monoisotopic (exact) mass is 451 g/mol. The maximum Gasteiger partial charge on any atom is 0.300 e. The van der Waals surface area contributed by atoms with Gasteiger partial charge >= 0.3 is 0 Å². The fourth-order valence-corrected chi connectivity index (χ4v) is 3.68. The molecule has 0 aromatic heterocycles. The number of Topliss-reactive ketones (excluding diaryl/α,β-unsaturated/α-hetero) is 1. The first-order chi connectivity index (χ1) is 14.0. The summed E-state index contributed by atoms with van der Waals surface area (Å²) in [6, 6.07) is 20.3. The topological polar surface area (TPSA) is 57.6 Å². The minimum atomic E-state index is -0.803. The van der Waals surface area contributed by atoms with Crippen molar-refractivity contribution in [1.82, 2.24) is 0 Å². The van der Waals surface area contributed by atoms with Crippen molar-refractivity contribution in [3.8, 4) is 0 Å². The molecule has 1 N–H and O–H groups in total. The lowest BCUT2D eigenvalue weighted by atomic mass is 9.95. The van der Waals surface area contributed by atoms with Crippen LogP contribution in [0.2, 0.25) is 0 Å². The normalized spacial score (nSPS) is 18.3. The van der Waals surface area contributed by atoms with Gasteiger partial charge in [-0.3, -0.25) is 14.5 Å². The zero-order valence-corrected chi connectivity index (χ0v) is 16.6. The number of ketones is 1. The number of aliphatic hydroxyl groups excluding tert-OH is 1. The third-order valence-electron chi connectivity index (χ3n) is 4.78. The second-order valence-corrected chi connectivity index (χ2v) is 7.48. The van der Waals surface area contributed by atoms with Crippen molar-refractivity contribution in [2.45, 2.75) is 6.04 Å². The molecule has 1 saturated heterocycles. The molecule has 1 aliphatic heterocycles. The summed E-state index contributed by atoms with van der Waals surface area (Å²) in [6.45, 7) is 0. The van der Waals surface area contributed by atoms with Gasteiger partial charge in [0.1, 0.15) is 11.6 Å². The minimum absolute atomic E-state index is 0.0317. The maximum atomic E-state index is 13.3. The van der Waals surface area contributed by atoms with E-state index in [-0.39, 0.29) is 16.9 Å². The van der Waals surface area contributed by atoms with Gasteiger partial charge in [0.05, 0.1) is 11.6 Å². The molecule has 0 spiro atoms. The van der Waals surface area contributed by atoms with Gasteiger partial charge in [0, 0.05) is 15.7 Å². The van der Waals surface area contributed by atoms with Crippen molar-refractivity contribution in [3.05, 3.63) is 106 Å². The summed E-state index contributed by atoms with van der Waals surface area (Å²) in [6.07, 6.45) is 0. The Morgan fingerprint density at radius 3 is 2.14 bits per heavy atom. The van der Waals surface area contributed by atoms with Crippen molar-refractivity contribution in [2.75, 3.05) is 4.90 Å². The van der Waals surface area contributed by atoms with E-state index in [9.17, 15) is 19.1 Å². The number of anilines is 1. The zero-order chi connectivity index (χ0) is 20.5. The molecule has 29 heavy (non-hydrogen) atoms. The second-order valence-electron chi connectivity index (χ2n) is 6.56. The molecule has 1 atom stereocenters.